The molecule has 2 N–H and O–H groups in total. The van der Waals surface area contributed by atoms with E-state index < -0.39 is 0 Å². The predicted octanol–water partition coefficient (Wildman–Crippen LogP) is 3.06. The smallest absolute Gasteiger partial charge is 0.130 e. The lowest BCUT2D eigenvalue weighted by Gasteiger charge is -2.15. The molecule has 0 fully saturated rings. The van der Waals surface area contributed by atoms with E-state index in [9.17, 15) is 0 Å². The standard InChI is InChI=1S/C14H19N3/c1-10-12(14(2,3)4)16-17(13(10)15)11-8-6-5-7-9-11/h5-9H,15H2,1-4H3. The number of para-hydroxylation sites is 1. The predicted molar refractivity (Wildman–Crippen MR) is 71.4 cm³/mol. The van der Waals surface area contributed by atoms with Gasteiger partial charge < -0.3 is 5.73 Å². The average Bonchev–Trinajstić information content (AvgIpc) is 2.57. The summed E-state index contributed by atoms with van der Waals surface area (Å²) in [6, 6.07) is 9.98. The van der Waals surface area contributed by atoms with Crippen molar-refractivity contribution in [3.8, 4) is 5.69 Å². The molecule has 0 saturated heterocycles. The van der Waals surface area contributed by atoms with Crippen molar-refractivity contribution in [3.05, 3.63) is 41.6 Å². The number of benzene rings is 1. The zero-order valence-electron chi connectivity index (χ0n) is 10.9. The molecule has 3 heteroatoms. The van der Waals surface area contributed by atoms with Gasteiger partial charge in [-0.1, -0.05) is 39.0 Å². The summed E-state index contributed by atoms with van der Waals surface area (Å²) < 4.78 is 1.82. The highest BCUT2D eigenvalue weighted by atomic mass is 15.3. The SMILES string of the molecule is Cc1c(C(C)(C)C)nn(-c2ccccc2)c1N. The van der Waals surface area contributed by atoms with Gasteiger partial charge in [-0.2, -0.15) is 5.10 Å². The van der Waals surface area contributed by atoms with E-state index >= 15 is 0 Å². The van der Waals surface area contributed by atoms with Gasteiger partial charge in [0, 0.05) is 11.0 Å². The number of rotatable bonds is 1. The molecule has 3 nitrogen and oxygen atoms in total. The number of anilines is 1. The van der Waals surface area contributed by atoms with E-state index in [1.807, 2.05) is 41.9 Å². The van der Waals surface area contributed by atoms with Gasteiger partial charge in [0.2, 0.25) is 0 Å². The maximum Gasteiger partial charge on any atom is 0.130 e. The number of nitrogens with two attached hydrogens (primary N) is 1. The van der Waals surface area contributed by atoms with Crippen LogP contribution in [0.1, 0.15) is 32.0 Å². The van der Waals surface area contributed by atoms with Gasteiger partial charge in [0.25, 0.3) is 0 Å². The minimum absolute atomic E-state index is 0.0121. The van der Waals surface area contributed by atoms with Crippen molar-refractivity contribution >= 4 is 5.82 Å². The number of aromatic nitrogens is 2. The van der Waals surface area contributed by atoms with Crippen LogP contribution in [0.15, 0.2) is 30.3 Å². The lowest BCUT2D eigenvalue weighted by Crippen LogP contribution is -2.14. The van der Waals surface area contributed by atoms with Gasteiger partial charge in [-0.05, 0) is 19.1 Å². The lowest BCUT2D eigenvalue weighted by molar-refractivity contribution is 0.557. The first kappa shape index (κ1) is 11.7. The summed E-state index contributed by atoms with van der Waals surface area (Å²) in [5, 5.41) is 4.64. The van der Waals surface area contributed by atoms with Gasteiger partial charge in [-0.15, -0.1) is 0 Å². The maximum atomic E-state index is 6.13. The summed E-state index contributed by atoms with van der Waals surface area (Å²) in [6.45, 7) is 8.48. The van der Waals surface area contributed by atoms with Gasteiger partial charge in [0.1, 0.15) is 5.82 Å². The molecular weight excluding hydrogens is 210 g/mol. The molecule has 0 unspecified atom stereocenters. The Labute approximate surface area is 102 Å². The number of nitrogens with zero attached hydrogens (tertiary/aromatic N) is 2. The molecular formula is C14H19N3. The molecule has 1 aromatic heterocycles. The molecule has 0 radical (unpaired) electrons. The van der Waals surface area contributed by atoms with E-state index in [0.717, 1.165) is 22.8 Å². The monoisotopic (exact) mass is 229 g/mol. The Bertz CT molecular complexity index is 518. The molecule has 2 rings (SSSR count). The molecule has 17 heavy (non-hydrogen) atoms. The van der Waals surface area contributed by atoms with E-state index in [1.165, 1.54) is 0 Å². The first-order valence-corrected chi connectivity index (χ1v) is 5.82. The number of nitrogen functional groups attached to an aromatic ring is 1. The van der Waals surface area contributed by atoms with Crippen molar-refractivity contribution in [3.63, 3.8) is 0 Å². The van der Waals surface area contributed by atoms with Crippen LogP contribution in [0.25, 0.3) is 5.69 Å². The summed E-state index contributed by atoms with van der Waals surface area (Å²) in [5.74, 6) is 0.723. The molecule has 1 heterocycles. The molecule has 0 atom stereocenters. The Morgan fingerprint density at radius 3 is 2.18 bits per heavy atom. The van der Waals surface area contributed by atoms with Gasteiger partial charge in [0.15, 0.2) is 0 Å². The topological polar surface area (TPSA) is 43.8 Å². The third-order valence-corrected chi connectivity index (χ3v) is 2.88. The van der Waals surface area contributed by atoms with Crippen LogP contribution in [-0.4, -0.2) is 9.78 Å². The zero-order valence-corrected chi connectivity index (χ0v) is 10.9. The average molecular weight is 229 g/mol. The molecule has 0 amide bonds. The summed E-state index contributed by atoms with van der Waals surface area (Å²) in [4.78, 5) is 0. The molecule has 1 aromatic carbocycles. The van der Waals surface area contributed by atoms with E-state index in [2.05, 4.69) is 25.9 Å². The second-order valence-electron chi connectivity index (χ2n) is 5.36. The Morgan fingerprint density at radius 1 is 1.12 bits per heavy atom. The fourth-order valence-corrected chi connectivity index (χ4v) is 1.99. The highest BCUT2D eigenvalue weighted by Gasteiger charge is 2.23. The molecule has 0 spiro atoms. The Kier molecular flexibility index (Phi) is 2.69. The van der Waals surface area contributed by atoms with Crippen molar-refractivity contribution in [2.45, 2.75) is 33.1 Å². The number of hydrogen-bond donors (Lipinski definition) is 1. The first-order valence-electron chi connectivity index (χ1n) is 5.82. The quantitative estimate of drug-likeness (QED) is 0.816. The highest BCUT2D eigenvalue weighted by Crippen LogP contribution is 2.29. The van der Waals surface area contributed by atoms with Crippen molar-refractivity contribution in [1.82, 2.24) is 9.78 Å². The molecule has 90 valence electrons. The summed E-state index contributed by atoms with van der Waals surface area (Å²) in [7, 11) is 0. The van der Waals surface area contributed by atoms with Crippen molar-refractivity contribution in [2.24, 2.45) is 0 Å². The normalized spacial score (nSPS) is 11.8. The van der Waals surface area contributed by atoms with Gasteiger partial charge >= 0.3 is 0 Å². The first-order chi connectivity index (χ1) is 7.91. The third-order valence-electron chi connectivity index (χ3n) is 2.88. The minimum Gasteiger partial charge on any atom is -0.383 e. The Morgan fingerprint density at radius 2 is 1.71 bits per heavy atom. The fraction of sp³-hybridized carbons (Fsp3) is 0.357. The van der Waals surface area contributed by atoms with Gasteiger partial charge in [0.05, 0.1) is 11.4 Å². The molecule has 0 aliphatic heterocycles. The highest BCUT2D eigenvalue weighted by molar-refractivity contribution is 5.50. The number of hydrogen-bond acceptors (Lipinski definition) is 2. The summed E-state index contributed by atoms with van der Waals surface area (Å²) in [6.07, 6.45) is 0. The van der Waals surface area contributed by atoms with E-state index in [1.54, 1.807) is 0 Å². The van der Waals surface area contributed by atoms with Crippen LogP contribution in [0.5, 0.6) is 0 Å². The van der Waals surface area contributed by atoms with E-state index in [4.69, 9.17) is 5.73 Å². The van der Waals surface area contributed by atoms with Gasteiger partial charge in [-0.3, -0.25) is 0 Å². The summed E-state index contributed by atoms with van der Waals surface area (Å²) in [5.41, 5.74) is 9.27. The summed E-state index contributed by atoms with van der Waals surface area (Å²) >= 11 is 0. The van der Waals surface area contributed by atoms with Crippen LogP contribution >= 0.6 is 0 Å². The Hall–Kier alpha value is -1.77. The van der Waals surface area contributed by atoms with Gasteiger partial charge in [-0.25, -0.2) is 4.68 Å². The minimum atomic E-state index is 0.0121. The van der Waals surface area contributed by atoms with E-state index in [-0.39, 0.29) is 5.41 Å². The molecule has 0 aliphatic rings. The van der Waals surface area contributed by atoms with Crippen molar-refractivity contribution in [1.29, 1.82) is 0 Å². The van der Waals surface area contributed by atoms with Crippen LogP contribution in [-0.2, 0) is 5.41 Å². The van der Waals surface area contributed by atoms with Crippen LogP contribution in [0.4, 0.5) is 5.82 Å². The largest absolute Gasteiger partial charge is 0.383 e. The van der Waals surface area contributed by atoms with Crippen LogP contribution in [0.3, 0.4) is 0 Å². The molecule has 0 aliphatic carbocycles. The van der Waals surface area contributed by atoms with E-state index in [0.29, 0.717) is 0 Å². The van der Waals surface area contributed by atoms with Crippen LogP contribution in [0.2, 0.25) is 0 Å². The second kappa shape index (κ2) is 3.91. The third kappa shape index (κ3) is 2.05. The fourth-order valence-electron chi connectivity index (χ4n) is 1.99. The molecule has 0 bridgehead atoms. The van der Waals surface area contributed by atoms with Crippen LogP contribution in [0, 0.1) is 6.92 Å². The van der Waals surface area contributed by atoms with Crippen molar-refractivity contribution < 1.29 is 0 Å². The molecule has 0 saturated carbocycles. The Balaban J connectivity index is 2.59. The van der Waals surface area contributed by atoms with Crippen LogP contribution < -0.4 is 5.73 Å². The molecule has 2 aromatic rings. The maximum absolute atomic E-state index is 6.13. The second-order valence-corrected chi connectivity index (χ2v) is 5.36. The lowest BCUT2D eigenvalue weighted by atomic mass is 9.90. The van der Waals surface area contributed by atoms with Crippen molar-refractivity contribution in [2.75, 3.05) is 5.73 Å². The zero-order chi connectivity index (χ0) is 12.6.